The lowest BCUT2D eigenvalue weighted by Crippen LogP contribution is -2.29. The largest absolute Gasteiger partial charge is 0.472 e. The third-order valence-corrected chi connectivity index (χ3v) is 9.41. The molecule has 308 valence electrons. The van der Waals surface area contributed by atoms with Crippen LogP contribution in [0.2, 0.25) is 0 Å². The standard InChI is InChI=1S/C42H75O10P/c1-3-5-7-9-11-13-15-17-19-21-23-25-27-29-31-33-41(45)49-37-40(38-51-53(47,48)50-36-39(44)35-43)52-42(46)34-32-30-28-26-24-22-20-18-16-14-12-10-8-6-4-2/h12-15,18,20,24,26,39-40,43-44H,3-11,16-17,19,21-23,25,27-38H2,1-2H3,(H,47,48)/t39-,40+/m0/s1. The summed E-state index contributed by atoms with van der Waals surface area (Å²) in [6.45, 7) is 2.28. The van der Waals surface area contributed by atoms with Gasteiger partial charge in [-0.2, -0.15) is 0 Å². The first-order chi connectivity index (χ1) is 25.7. The van der Waals surface area contributed by atoms with Crippen LogP contribution in [-0.2, 0) is 32.7 Å². The van der Waals surface area contributed by atoms with Gasteiger partial charge in [0.05, 0.1) is 19.8 Å². The SMILES string of the molecule is CCCCCC=CCC=CCC=CCCCCC(=O)O[C@H](COC(=O)CCCCCCCCCC=CCCCCCC)COP(=O)(O)OC[C@@H](O)CO. The van der Waals surface area contributed by atoms with E-state index in [0.717, 1.165) is 57.8 Å². The molecular formula is C42H75O10P. The third kappa shape index (κ3) is 38.0. The molecule has 1 unspecified atom stereocenters. The van der Waals surface area contributed by atoms with E-state index in [1.54, 1.807) is 0 Å². The summed E-state index contributed by atoms with van der Waals surface area (Å²) in [6, 6.07) is 0. The number of aliphatic hydroxyl groups is 2. The Hall–Kier alpha value is -2.07. The lowest BCUT2D eigenvalue weighted by molar-refractivity contribution is -0.161. The van der Waals surface area contributed by atoms with Gasteiger partial charge in [-0.15, -0.1) is 0 Å². The first-order valence-electron chi connectivity index (χ1n) is 20.6. The van der Waals surface area contributed by atoms with Crippen LogP contribution in [0.3, 0.4) is 0 Å². The minimum Gasteiger partial charge on any atom is -0.462 e. The van der Waals surface area contributed by atoms with Crippen molar-refractivity contribution < 1.29 is 47.8 Å². The summed E-state index contributed by atoms with van der Waals surface area (Å²) in [5.41, 5.74) is 0. The Labute approximate surface area is 322 Å². The van der Waals surface area contributed by atoms with E-state index in [9.17, 15) is 24.2 Å². The van der Waals surface area contributed by atoms with Crippen molar-refractivity contribution in [1.82, 2.24) is 0 Å². The average molecular weight is 771 g/mol. The molecule has 0 amide bonds. The summed E-state index contributed by atoms with van der Waals surface area (Å²) >= 11 is 0. The summed E-state index contributed by atoms with van der Waals surface area (Å²) in [4.78, 5) is 34.9. The zero-order chi connectivity index (χ0) is 39.1. The first-order valence-corrected chi connectivity index (χ1v) is 22.1. The molecule has 3 N–H and O–H groups in total. The van der Waals surface area contributed by atoms with Crippen LogP contribution in [0.15, 0.2) is 48.6 Å². The summed E-state index contributed by atoms with van der Waals surface area (Å²) in [7, 11) is -4.63. The van der Waals surface area contributed by atoms with Crippen LogP contribution >= 0.6 is 7.82 Å². The number of esters is 2. The van der Waals surface area contributed by atoms with Crippen LogP contribution in [0.25, 0.3) is 0 Å². The van der Waals surface area contributed by atoms with Crippen LogP contribution in [0.1, 0.15) is 168 Å². The summed E-state index contributed by atoms with van der Waals surface area (Å²) in [5, 5.41) is 18.3. The summed E-state index contributed by atoms with van der Waals surface area (Å²) in [6.07, 6.45) is 39.3. The first kappa shape index (κ1) is 50.9. The van der Waals surface area contributed by atoms with Gasteiger partial charge in [0, 0.05) is 12.8 Å². The third-order valence-electron chi connectivity index (χ3n) is 8.46. The molecule has 0 heterocycles. The van der Waals surface area contributed by atoms with Crippen molar-refractivity contribution in [3.05, 3.63) is 48.6 Å². The number of phosphoric ester groups is 1. The Morgan fingerprint density at radius 2 is 0.981 bits per heavy atom. The fraction of sp³-hybridized carbons (Fsp3) is 0.762. The van der Waals surface area contributed by atoms with Crippen molar-refractivity contribution in [1.29, 1.82) is 0 Å². The maximum absolute atomic E-state index is 12.6. The van der Waals surface area contributed by atoms with E-state index in [2.05, 4.69) is 67.0 Å². The number of hydrogen-bond donors (Lipinski definition) is 3. The molecule has 0 aliphatic carbocycles. The Morgan fingerprint density at radius 1 is 0.566 bits per heavy atom. The van der Waals surface area contributed by atoms with Crippen molar-refractivity contribution in [2.45, 2.75) is 180 Å². The molecule has 0 aliphatic heterocycles. The van der Waals surface area contributed by atoms with Crippen molar-refractivity contribution in [2.24, 2.45) is 0 Å². The molecule has 0 saturated heterocycles. The molecule has 0 aromatic rings. The van der Waals surface area contributed by atoms with Crippen molar-refractivity contribution >= 4 is 19.8 Å². The number of rotatable bonds is 38. The zero-order valence-electron chi connectivity index (χ0n) is 33.2. The quantitative estimate of drug-likeness (QED) is 0.0240. The van der Waals surface area contributed by atoms with Gasteiger partial charge in [0.1, 0.15) is 12.7 Å². The van der Waals surface area contributed by atoms with E-state index in [1.165, 1.54) is 70.6 Å². The number of allylic oxidation sites excluding steroid dienone is 8. The van der Waals surface area contributed by atoms with Crippen molar-refractivity contribution in [3.63, 3.8) is 0 Å². The molecule has 0 fully saturated rings. The number of phosphoric acid groups is 1. The van der Waals surface area contributed by atoms with Gasteiger partial charge < -0.3 is 24.6 Å². The number of carbonyl (C=O) groups is 2. The van der Waals surface area contributed by atoms with Crippen molar-refractivity contribution in [2.75, 3.05) is 26.4 Å². The normalized spacial score (nSPS) is 14.4. The van der Waals surface area contributed by atoms with E-state index in [4.69, 9.17) is 19.1 Å². The van der Waals surface area contributed by atoms with Gasteiger partial charge in [-0.25, -0.2) is 4.57 Å². The van der Waals surface area contributed by atoms with Crippen LogP contribution in [0.4, 0.5) is 0 Å². The molecule has 0 saturated carbocycles. The lowest BCUT2D eigenvalue weighted by atomic mass is 10.1. The molecular weight excluding hydrogens is 695 g/mol. The van der Waals surface area contributed by atoms with E-state index in [0.29, 0.717) is 12.8 Å². The van der Waals surface area contributed by atoms with Crippen LogP contribution in [0.5, 0.6) is 0 Å². The van der Waals surface area contributed by atoms with Gasteiger partial charge in [-0.05, 0) is 77.0 Å². The van der Waals surface area contributed by atoms with Gasteiger partial charge in [0.15, 0.2) is 6.10 Å². The second-order valence-electron chi connectivity index (χ2n) is 13.7. The fourth-order valence-corrected chi connectivity index (χ4v) is 6.02. The molecule has 0 rings (SSSR count). The van der Waals surface area contributed by atoms with Gasteiger partial charge in [-0.3, -0.25) is 18.6 Å². The molecule has 0 spiro atoms. The number of ether oxygens (including phenoxy) is 2. The molecule has 3 atom stereocenters. The monoisotopic (exact) mass is 771 g/mol. The second kappa shape index (κ2) is 38.2. The van der Waals surface area contributed by atoms with E-state index >= 15 is 0 Å². The van der Waals surface area contributed by atoms with Crippen LogP contribution in [0, 0.1) is 0 Å². The molecule has 0 aromatic heterocycles. The molecule has 0 radical (unpaired) electrons. The fourth-order valence-electron chi connectivity index (χ4n) is 5.23. The maximum atomic E-state index is 12.6. The van der Waals surface area contributed by atoms with Gasteiger partial charge in [0.25, 0.3) is 0 Å². The minimum atomic E-state index is -4.63. The molecule has 0 bridgehead atoms. The van der Waals surface area contributed by atoms with E-state index in [1.807, 2.05) is 0 Å². The maximum Gasteiger partial charge on any atom is 0.472 e. The molecule has 0 aliphatic rings. The van der Waals surface area contributed by atoms with E-state index < -0.39 is 51.8 Å². The van der Waals surface area contributed by atoms with Gasteiger partial charge >= 0.3 is 19.8 Å². The Kier molecular flexibility index (Phi) is 36.7. The van der Waals surface area contributed by atoms with Crippen molar-refractivity contribution in [3.8, 4) is 0 Å². The van der Waals surface area contributed by atoms with E-state index in [-0.39, 0.29) is 19.4 Å². The van der Waals surface area contributed by atoms with Gasteiger partial charge in [-0.1, -0.05) is 127 Å². The van der Waals surface area contributed by atoms with Crippen LogP contribution in [-0.4, -0.2) is 65.7 Å². The molecule has 53 heavy (non-hydrogen) atoms. The molecule has 10 nitrogen and oxygen atoms in total. The highest BCUT2D eigenvalue weighted by molar-refractivity contribution is 7.47. The number of carbonyl (C=O) groups excluding carboxylic acids is 2. The minimum absolute atomic E-state index is 0.134. The highest BCUT2D eigenvalue weighted by Gasteiger charge is 2.27. The number of unbranched alkanes of at least 4 members (excludes halogenated alkanes) is 16. The Bertz CT molecular complexity index is 1030. The second-order valence-corrected chi connectivity index (χ2v) is 15.1. The average Bonchev–Trinajstić information content (AvgIpc) is 3.14. The predicted molar refractivity (Wildman–Crippen MR) is 214 cm³/mol. The highest BCUT2D eigenvalue weighted by Crippen LogP contribution is 2.43. The Balaban J connectivity index is 4.41. The Morgan fingerprint density at radius 3 is 1.57 bits per heavy atom. The molecule has 11 heteroatoms. The lowest BCUT2D eigenvalue weighted by Gasteiger charge is -2.20. The summed E-state index contributed by atoms with van der Waals surface area (Å²) < 4.78 is 32.6. The number of aliphatic hydroxyl groups excluding tert-OH is 2. The molecule has 0 aromatic carbocycles. The van der Waals surface area contributed by atoms with Gasteiger partial charge in [0.2, 0.25) is 0 Å². The highest BCUT2D eigenvalue weighted by atomic mass is 31.2. The van der Waals surface area contributed by atoms with Crippen LogP contribution < -0.4 is 0 Å². The number of hydrogen-bond acceptors (Lipinski definition) is 9. The summed E-state index contributed by atoms with van der Waals surface area (Å²) in [5.74, 6) is -0.977. The smallest absolute Gasteiger partial charge is 0.462 e. The zero-order valence-corrected chi connectivity index (χ0v) is 34.1. The predicted octanol–water partition coefficient (Wildman–Crippen LogP) is 10.6. The topological polar surface area (TPSA) is 149 Å².